The monoisotopic (exact) mass is 162 g/mol. The zero-order valence-corrected chi connectivity index (χ0v) is 6.66. The average Bonchev–Trinajstić information content (AvgIpc) is 2.15. The Morgan fingerprint density at radius 3 is 3.17 bits per heavy atom. The molecule has 0 fully saturated rings. The molecule has 0 aromatic carbocycles. The molecule has 3 heteroatoms. The van der Waals surface area contributed by atoms with Crippen molar-refractivity contribution in [3.8, 4) is 18.1 Å². The van der Waals surface area contributed by atoms with Crippen molar-refractivity contribution in [2.75, 3.05) is 6.61 Å². The third-order valence-corrected chi connectivity index (χ3v) is 1.32. The molecule has 0 amide bonds. The van der Waals surface area contributed by atoms with Crippen LogP contribution in [-0.2, 0) is 6.54 Å². The second-order valence-corrected chi connectivity index (χ2v) is 2.18. The maximum atomic E-state index is 5.39. The second-order valence-electron chi connectivity index (χ2n) is 2.18. The van der Waals surface area contributed by atoms with E-state index >= 15 is 0 Å². The van der Waals surface area contributed by atoms with Crippen molar-refractivity contribution < 1.29 is 4.74 Å². The first-order chi connectivity index (χ1) is 5.86. The van der Waals surface area contributed by atoms with Gasteiger partial charge in [0.2, 0.25) is 0 Å². The normalized spacial score (nSPS) is 9.00. The van der Waals surface area contributed by atoms with Gasteiger partial charge in [-0.3, -0.25) is 4.98 Å². The molecule has 0 saturated carbocycles. The summed E-state index contributed by atoms with van der Waals surface area (Å²) in [7, 11) is 0. The number of pyridine rings is 1. The molecule has 0 aliphatic rings. The van der Waals surface area contributed by atoms with Crippen LogP contribution in [0, 0.1) is 12.3 Å². The molecule has 1 rings (SSSR count). The number of hydrogen-bond acceptors (Lipinski definition) is 3. The van der Waals surface area contributed by atoms with E-state index in [9.17, 15) is 0 Å². The SMILES string of the molecule is C#CCOc1ccnc(CN)c1. The van der Waals surface area contributed by atoms with E-state index in [1.165, 1.54) is 0 Å². The van der Waals surface area contributed by atoms with Gasteiger partial charge in [-0.1, -0.05) is 5.92 Å². The fourth-order valence-corrected chi connectivity index (χ4v) is 0.782. The van der Waals surface area contributed by atoms with Crippen LogP contribution in [0.5, 0.6) is 5.75 Å². The summed E-state index contributed by atoms with van der Waals surface area (Å²) in [6.45, 7) is 0.682. The van der Waals surface area contributed by atoms with Crippen LogP contribution in [0.3, 0.4) is 0 Å². The molecular formula is C9H10N2O. The summed E-state index contributed by atoms with van der Waals surface area (Å²) in [5.41, 5.74) is 6.18. The summed E-state index contributed by atoms with van der Waals surface area (Å²) in [5, 5.41) is 0. The second kappa shape index (κ2) is 4.37. The molecule has 0 atom stereocenters. The van der Waals surface area contributed by atoms with Crippen LogP contribution < -0.4 is 10.5 Å². The zero-order chi connectivity index (χ0) is 8.81. The van der Waals surface area contributed by atoms with E-state index in [1.54, 1.807) is 18.3 Å². The minimum absolute atomic E-state index is 0.272. The lowest BCUT2D eigenvalue weighted by Gasteiger charge is -2.02. The first-order valence-electron chi connectivity index (χ1n) is 3.58. The van der Waals surface area contributed by atoms with E-state index in [4.69, 9.17) is 16.9 Å². The molecule has 0 radical (unpaired) electrons. The standard InChI is InChI=1S/C9H10N2O/c1-2-5-12-9-3-4-11-8(6-9)7-10/h1,3-4,6H,5,7,10H2. The van der Waals surface area contributed by atoms with Gasteiger partial charge in [0.15, 0.2) is 0 Å². The number of terminal acetylenes is 1. The Hall–Kier alpha value is -1.53. The van der Waals surface area contributed by atoms with Gasteiger partial charge >= 0.3 is 0 Å². The van der Waals surface area contributed by atoms with Gasteiger partial charge in [-0.25, -0.2) is 0 Å². The van der Waals surface area contributed by atoms with Gasteiger partial charge < -0.3 is 10.5 Å². The molecule has 2 N–H and O–H groups in total. The molecule has 1 heterocycles. The molecule has 12 heavy (non-hydrogen) atoms. The van der Waals surface area contributed by atoms with Crippen molar-refractivity contribution >= 4 is 0 Å². The highest BCUT2D eigenvalue weighted by atomic mass is 16.5. The van der Waals surface area contributed by atoms with E-state index in [1.807, 2.05) is 0 Å². The minimum Gasteiger partial charge on any atom is -0.481 e. The van der Waals surface area contributed by atoms with Crippen LogP contribution >= 0.6 is 0 Å². The molecule has 3 nitrogen and oxygen atoms in total. The van der Waals surface area contributed by atoms with Crippen LogP contribution in [0.1, 0.15) is 5.69 Å². The highest BCUT2D eigenvalue weighted by Gasteiger charge is 1.94. The lowest BCUT2D eigenvalue weighted by atomic mass is 10.3. The van der Waals surface area contributed by atoms with Crippen molar-refractivity contribution in [2.24, 2.45) is 5.73 Å². The molecule has 62 valence electrons. The highest BCUT2D eigenvalue weighted by Crippen LogP contribution is 2.09. The maximum Gasteiger partial charge on any atom is 0.148 e. The number of nitrogens with two attached hydrogens (primary N) is 1. The fourth-order valence-electron chi connectivity index (χ4n) is 0.782. The molecule has 0 saturated heterocycles. The van der Waals surface area contributed by atoms with Crippen molar-refractivity contribution in [1.82, 2.24) is 4.98 Å². The molecule has 0 aliphatic carbocycles. The number of aromatic nitrogens is 1. The van der Waals surface area contributed by atoms with Gasteiger partial charge in [0.05, 0.1) is 5.69 Å². The van der Waals surface area contributed by atoms with E-state index in [-0.39, 0.29) is 6.61 Å². The molecule has 0 aliphatic heterocycles. The van der Waals surface area contributed by atoms with Gasteiger partial charge in [0.25, 0.3) is 0 Å². The first kappa shape index (κ1) is 8.57. The van der Waals surface area contributed by atoms with E-state index in [0.717, 1.165) is 5.69 Å². The molecule has 0 bridgehead atoms. The minimum atomic E-state index is 0.272. The lowest BCUT2D eigenvalue weighted by Crippen LogP contribution is -2.00. The van der Waals surface area contributed by atoms with Crippen molar-refractivity contribution in [1.29, 1.82) is 0 Å². The average molecular weight is 162 g/mol. The lowest BCUT2D eigenvalue weighted by molar-refractivity contribution is 0.369. The van der Waals surface area contributed by atoms with Crippen molar-refractivity contribution in [3.05, 3.63) is 24.0 Å². The highest BCUT2D eigenvalue weighted by molar-refractivity contribution is 5.22. The van der Waals surface area contributed by atoms with Crippen LogP contribution in [-0.4, -0.2) is 11.6 Å². The fraction of sp³-hybridized carbons (Fsp3) is 0.222. The van der Waals surface area contributed by atoms with Gasteiger partial charge in [-0.15, -0.1) is 6.42 Å². The van der Waals surface area contributed by atoms with E-state index in [0.29, 0.717) is 12.3 Å². The third kappa shape index (κ3) is 2.26. The predicted octanol–water partition coefficient (Wildman–Crippen LogP) is 0.552. The quantitative estimate of drug-likeness (QED) is 0.660. The summed E-state index contributed by atoms with van der Waals surface area (Å²) in [4.78, 5) is 4.01. The largest absolute Gasteiger partial charge is 0.481 e. The Morgan fingerprint density at radius 1 is 1.67 bits per heavy atom. The van der Waals surface area contributed by atoms with Crippen LogP contribution in [0.25, 0.3) is 0 Å². The Balaban J connectivity index is 2.67. The molecule has 1 aromatic heterocycles. The molecule has 1 aromatic rings. The first-order valence-corrected chi connectivity index (χ1v) is 3.58. The maximum absolute atomic E-state index is 5.39. The van der Waals surface area contributed by atoms with E-state index < -0.39 is 0 Å². The van der Waals surface area contributed by atoms with Crippen molar-refractivity contribution in [2.45, 2.75) is 6.54 Å². The van der Waals surface area contributed by atoms with Crippen LogP contribution in [0.15, 0.2) is 18.3 Å². The number of hydrogen-bond donors (Lipinski definition) is 1. The van der Waals surface area contributed by atoms with E-state index in [2.05, 4.69) is 10.9 Å². The van der Waals surface area contributed by atoms with Crippen LogP contribution in [0.2, 0.25) is 0 Å². The van der Waals surface area contributed by atoms with Crippen molar-refractivity contribution in [3.63, 3.8) is 0 Å². The Labute approximate surface area is 71.6 Å². The Morgan fingerprint density at radius 2 is 2.50 bits per heavy atom. The Kier molecular flexibility index (Phi) is 3.12. The van der Waals surface area contributed by atoms with Gasteiger partial charge in [-0.2, -0.15) is 0 Å². The number of rotatable bonds is 3. The summed E-state index contributed by atoms with van der Waals surface area (Å²) in [6, 6.07) is 3.52. The van der Waals surface area contributed by atoms with Crippen LogP contribution in [0.4, 0.5) is 0 Å². The zero-order valence-electron chi connectivity index (χ0n) is 6.66. The predicted molar refractivity (Wildman–Crippen MR) is 46.5 cm³/mol. The van der Waals surface area contributed by atoms with Gasteiger partial charge in [0, 0.05) is 18.8 Å². The summed E-state index contributed by atoms with van der Waals surface area (Å²) in [5.74, 6) is 3.09. The number of ether oxygens (including phenoxy) is 1. The molecular weight excluding hydrogens is 152 g/mol. The van der Waals surface area contributed by atoms with Gasteiger partial charge in [-0.05, 0) is 6.07 Å². The molecule has 0 spiro atoms. The third-order valence-electron chi connectivity index (χ3n) is 1.32. The topological polar surface area (TPSA) is 48.1 Å². The molecule has 0 unspecified atom stereocenters. The number of nitrogens with zero attached hydrogens (tertiary/aromatic N) is 1. The summed E-state index contributed by atoms with van der Waals surface area (Å²) >= 11 is 0. The smallest absolute Gasteiger partial charge is 0.148 e. The summed E-state index contributed by atoms with van der Waals surface area (Å²) in [6.07, 6.45) is 6.68. The summed E-state index contributed by atoms with van der Waals surface area (Å²) < 4.78 is 5.17. The Bertz CT molecular complexity index is 291. The van der Waals surface area contributed by atoms with Gasteiger partial charge in [0.1, 0.15) is 12.4 Å².